The molecule has 1 unspecified atom stereocenters. The minimum atomic E-state index is -0.837. The summed E-state index contributed by atoms with van der Waals surface area (Å²) >= 11 is 0. The molecule has 1 aromatic heterocycles. The number of aliphatic hydroxyl groups is 1. The number of hydrogen-bond acceptors (Lipinski definition) is 8. The zero-order chi connectivity index (χ0) is 22.3. The summed E-state index contributed by atoms with van der Waals surface area (Å²) in [6, 6.07) is 6.05. The molecule has 0 aliphatic heterocycles. The largest absolute Gasteiger partial charge is 0.502 e. The smallest absolute Gasteiger partial charge is 0.306 e. The number of hydrogen-bond donors (Lipinski definition) is 2. The van der Waals surface area contributed by atoms with Crippen LogP contribution in [0.25, 0.3) is 0 Å². The number of benzene rings is 1. The van der Waals surface area contributed by atoms with Crippen LogP contribution in [0.1, 0.15) is 50.2 Å². The summed E-state index contributed by atoms with van der Waals surface area (Å²) < 4.78 is 21.8. The van der Waals surface area contributed by atoms with Gasteiger partial charge in [0, 0.05) is 6.07 Å². The lowest BCUT2D eigenvalue weighted by Crippen LogP contribution is -2.15. The number of esters is 1. The number of carbonyl (C=O) groups is 1. The lowest BCUT2D eigenvalue weighted by atomic mass is 9.91. The highest BCUT2D eigenvalue weighted by molar-refractivity contribution is 5.71. The van der Waals surface area contributed by atoms with Crippen LogP contribution in [0.4, 0.5) is 0 Å². The maximum absolute atomic E-state index is 12.2. The van der Waals surface area contributed by atoms with Gasteiger partial charge in [0.15, 0.2) is 17.3 Å². The minimum absolute atomic E-state index is 0.0218. The van der Waals surface area contributed by atoms with Crippen LogP contribution in [0, 0.1) is 5.92 Å². The van der Waals surface area contributed by atoms with E-state index in [2.05, 4.69) is 0 Å². The van der Waals surface area contributed by atoms with E-state index in [1.807, 2.05) is 13.8 Å². The summed E-state index contributed by atoms with van der Waals surface area (Å²) in [6.45, 7) is 5.80. The molecule has 0 saturated heterocycles. The molecule has 0 amide bonds. The van der Waals surface area contributed by atoms with Gasteiger partial charge in [-0.1, -0.05) is 19.9 Å². The predicted octanol–water partition coefficient (Wildman–Crippen LogP) is 2.97. The SMILES string of the molecule is CCOC(=O)CC(c1ccc(OC)c(OCC(C)C)c1)c1oc(CO)cc(=O)c1O. The monoisotopic (exact) mass is 420 g/mol. The molecule has 2 N–H and O–H groups in total. The Morgan fingerprint density at radius 3 is 2.53 bits per heavy atom. The lowest BCUT2D eigenvalue weighted by molar-refractivity contribution is -0.143. The number of rotatable bonds is 10. The molecule has 1 aromatic carbocycles. The van der Waals surface area contributed by atoms with E-state index in [4.69, 9.17) is 18.6 Å². The van der Waals surface area contributed by atoms with E-state index in [0.717, 1.165) is 6.07 Å². The van der Waals surface area contributed by atoms with E-state index in [0.29, 0.717) is 23.7 Å². The van der Waals surface area contributed by atoms with Crippen LogP contribution >= 0.6 is 0 Å². The van der Waals surface area contributed by atoms with Gasteiger partial charge in [-0.15, -0.1) is 0 Å². The van der Waals surface area contributed by atoms with Gasteiger partial charge >= 0.3 is 5.97 Å². The van der Waals surface area contributed by atoms with Crippen molar-refractivity contribution in [3.63, 3.8) is 0 Å². The molecule has 0 fully saturated rings. The third-order valence-electron chi connectivity index (χ3n) is 4.31. The first kappa shape index (κ1) is 23.3. The lowest BCUT2D eigenvalue weighted by Gasteiger charge is -2.20. The van der Waals surface area contributed by atoms with Crippen LogP contribution in [0.2, 0.25) is 0 Å². The summed E-state index contributed by atoms with van der Waals surface area (Å²) in [5, 5.41) is 19.7. The summed E-state index contributed by atoms with van der Waals surface area (Å²) in [6.07, 6.45) is -0.185. The molecule has 0 spiro atoms. The van der Waals surface area contributed by atoms with Crippen molar-refractivity contribution in [1.29, 1.82) is 0 Å². The Morgan fingerprint density at radius 2 is 1.93 bits per heavy atom. The van der Waals surface area contributed by atoms with Crippen molar-refractivity contribution in [2.45, 2.75) is 39.7 Å². The average molecular weight is 420 g/mol. The van der Waals surface area contributed by atoms with Crippen LogP contribution in [0.3, 0.4) is 0 Å². The van der Waals surface area contributed by atoms with E-state index in [9.17, 15) is 19.8 Å². The van der Waals surface area contributed by atoms with E-state index in [1.165, 1.54) is 7.11 Å². The van der Waals surface area contributed by atoms with Gasteiger partial charge in [0.2, 0.25) is 11.2 Å². The summed E-state index contributed by atoms with van der Waals surface area (Å²) in [5.41, 5.74) is -0.157. The van der Waals surface area contributed by atoms with Crippen LogP contribution < -0.4 is 14.9 Å². The fraction of sp³-hybridized carbons (Fsp3) is 0.455. The van der Waals surface area contributed by atoms with Gasteiger partial charge in [-0.2, -0.15) is 0 Å². The second kappa shape index (κ2) is 10.7. The Bertz CT molecular complexity index is 916. The fourth-order valence-corrected chi connectivity index (χ4v) is 2.90. The van der Waals surface area contributed by atoms with Crippen molar-refractivity contribution in [1.82, 2.24) is 0 Å². The van der Waals surface area contributed by atoms with E-state index in [1.54, 1.807) is 25.1 Å². The van der Waals surface area contributed by atoms with Crippen molar-refractivity contribution in [2.24, 2.45) is 5.92 Å². The standard InChI is InChI=1S/C22H28O8/c1-5-28-20(25)10-16(22-21(26)17(24)9-15(11-23)30-22)14-6-7-18(27-4)19(8-14)29-12-13(2)3/h6-9,13,16,23,26H,5,10-12H2,1-4H3. The maximum Gasteiger partial charge on any atom is 0.306 e. The molecule has 2 rings (SSSR count). The van der Waals surface area contributed by atoms with Gasteiger partial charge in [0.05, 0.1) is 32.7 Å². The molecule has 0 radical (unpaired) electrons. The first-order valence-electron chi connectivity index (χ1n) is 9.73. The molecule has 0 saturated carbocycles. The van der Waals surface area contributed by atoms with Gasteiger partial charge in [0.1, 0.15) is 12.4 Å². The number of aromatic hydroxyl groups is 1. The third-order valence-corrected chi connectivity index (χ3v) is 4.31. The summed E-state index contributed by atoms with van der Waals surface area (Å²) in [5.74, 6) is -0.901. The zero-order valence-electron chi connectivity index (χ0n) is 17.6. The van der Waals surface area contributed by atoms with Crippen molar-refractivity contribution in [3.8, 4) is 17.2 Å². The molecular formula is C22H28O8. The Labute approximate surface area is 175 Å². The molecule has 30 heavy (non-hydrogen) atoms. The predicted molar refractivity (Wildman–Crippen MR) is 109 cm³/mol. The molecule has 0 aliphatic rings. The van der Waals surface area contributed by atoms with E-state index < -0.39 is 29.7 Å². The Hall–Kier alpha value is -3.00. The first-order chi connectivity index (χ1) is 14.3. The molecule has 8 heteroatoms. The normalized spacial score (nSPS) is 11.9. The van der Waals surface area contributed by atoms with E-state index in [-0.39, 0.29) is 30.5 Å². The average Bonchev–Trinajstić information content (AvgIpc) is 2.72. The van der Waals surface area contributed by atoms with Crippen LogP contribution in [-0.2, 0) is 16.1 Å². The highest BCUT2D eigenvalue weighted by atomic mass is 16.5. The second-order valence-electron chi connectivity index (χ2n) is 7.12. The van der Waals surface area contributed by atoms with Gasteiger partial charge in [-0.25, -0.2) is 0 Å². The topological polar surface area (TPSA) is 115 Å². The van der Waals surface area contributed by atoms with Crippen LogP contribution in [0.15, 0.2) is 33.5 Å². The second-order valence-corrected chi connectivity index (χ2v) is 7.12. The molecule has 2 aromatic rings. The molecular weight excluding hydrogens is 392 g/mol. The number of aliphatic hydroxyl groups excluding tert-OH is 1. The highest BCUT2D eigenvalue weighted by Crippen LogP contribution is 2.38. The maximum atomic E-state index is 12.2. The van der Waals surface area contributed by atoms with E-state index >= 15 is 0 Å². The molecule has 0 bridgehead atoms. The Balaban J connectivity index is 2.58. The number of carbonyl (C=O) groups excluding carboxylic acids is 1. The summed E-state index contributed by atoms with van der Waals surface area (Å²) in [4.78, 5) is 24.4. The van der Waals surface area contributed by atoms with Crippen molar-refractivity contribution in [2.75, 3.05) is 20.3 Å². The zero-order valence-corrected chi connectivity index (χ0v) is 17.6. The van der Waals surface area contributed by atoms with Crippen molar-refractivity contribution in [3.05, 3.63) is 51.6 Å². The Kier molecular flexibility index (Phi) is 8.29. The fourth-order valence-electron chi connectivity index (χ4n) is 2.90. The van der Waals surface area contributed by atoms with Crippen LogP contribution in [0.5, 0.6) is 17.2 Å². The quantitative estimate of drug-likeness (QED) is 0.564. The van der Waals surface area contributed by atoms with Gasteiger partial charge in [0.25, 0.3) is 0 Å². The third kappa shape index (κ3) is 5.76. The number of methoxy groups -OCH3 is 1. The molecule has 0 aliphatic carbocycles. The molecule has 1 atom stereocenters. The van der Waals surface area contributed by atoms with Gasteiger partial charge < -0.3 is 28.8 Å². The minimum Gasteiger partial charge on any atom is -0.502 e. The molecule has 1 heterocycles. The first-order valence-corrected chi connectivity index (χ1v) is 9.73. The Morgan fingerprint density at radius 1 is 1.20 bits per heavy atom. The van der Waals surface area contributed by atoms with Gasteiger partial charge in [-0.05, 0) is 30.5 Å². The molecule has 164 valence electrons. The van der Waals surface area contributed by atoms with Crippen molar-refractivity contribution < 1.29 is 33.6 Å². The highest BCUT2D eigenvalue weighted by Gasteiger charge is 2.27. The van der Waals surface area contributed by atoms with Gasteiger partial charge in [-0.3, -0.25) is 9.59 Å². The summed E-state index contributed by atoms with van der Waals surface area (Å²) in [7, 11) is 1.52. The number of ether oxygens (including phenoxy) is 3. The van der Waals surface area contributed by atoms with Crippen molar-refractivity contribution >= 4 is 5.97 Å². The van der Waals surface area contributed by atoms with Crippen LogP contribution in [-0.4, -0.2) is 36.5 Å². The molecule has 8 nitrogen and oxygen atoms in total.